The highest BCUT2D eigenvalue weighted by atomic mass is 79.9. The van der Waals surface area contributed by atoms with E-state index in [2.05, 4.69) is 25.6 Å². The molecule has 0 saturated carbocycles. The van der Waals surface area contributed by atoms with Gasteiger partial charge in [0.1, 0.15) is 16.8 Å². The van der Waals surface area contributed by atoms with Crippen molar-refractivity contribution in [3.05, 3.63) is 52.6 Å². The summed E-state index contributed by atoms with van der Waals surface area (Å²) < 4.78 is 27.4. The molecular formula is C12H8BrN3O2S. The molecule has 19 heavy (non-hydrogen) atoms. The molecule has 7 heteroatoms. The maximum Gasteiger partial charge on any atom is 0.264 e. The van der Waals surface area contributed by atoms with Crippen molar-refractivity contribution < 1.29 is 8.42 Å². The summed E-state index contributed by atoms with van der Waals surface area (Å²) >= 11 is 3.21. The SMILES string of the molecule is N#Cc1ccccc1S(=O)(=O)Nc1ccc(Br)cn1. The Morgan fingerprint density at radius 3 is 2.58 bits per heavy atom. The second kappa shape index (κ2) is 5.38. The van der Waals surface area contributed by atoms with Crippen LogP contribution in [0.1, 0.15) is 5.56 Å². The van der Waals surface area contributed by atoms with Crippen LogP contribution < -0.4 is 4.72 Å². The smallest absolute Gasteiger partial charge is 0.263 e. The highest BCUT2D eigenvalue weighted by molar-refractivity contribution is 9.10. The number of pyridine rings is 1. The Hall–Kier alpha value is -1.91. The summed E-state index contributed by atoms with van der Waals surface area (Å²) in [5.41, 5.74) is 0.0899. The van der Waals surface area contributed by atoms with E-state index in [1.165, 1.54) is 24.4 Å². The third kappa shape index (κ3) is 3.10. The van der Waals surface area contributed by atoms with Crippen molar-refractivity contribution in [2.75, 3.05) is 4.72 Å². The van der Waals surface area contributed by atoms with Crippen LogP contribution in [0.2, 0.25) is 0 Å². The number of sulfonamides is 1. The molecule has 0 aliphatic carbocycles. The Morgan fingerprint density at radius 1 is 1.21 bits per heavy atom. The number of nitriles is 1. The molecule has 0 unspecified atom stereocenters. The average Bonchev–Trinajstić information content (AvgIpc) is 2.41. The van der Waals surface area contributed by atoms with Crippen molar-refractivity contribution in [1.82, 2.24) is 4.98 Å². The average molecular weight is 338 g/mol. The molecule has 1 N–H and O–H groups in total. The van der Waals surface area contributed by atoms with Gasteiger partial charge in [0, 0.05) is 10.7 Å². The number of aromatic nitrogens is 1. The van der Waals surface area contributed by atoms with Gasteiger partial charge in [-0.25, -0.2) is 13.4 Å². The predicted octanol–water partition coefficient (Wildman–Crippen LogP) is 2.52. The summed E-state index contributed by atoms with van der Waals surface area (Å²) in [5, 5.41) is 8.92. The van der Waals surface area contributed by atoms with Crippen molar-refractivity contribution in [1.29, 1.82) is 5.26 Å². The van der Waals surface area contributed by atoms with Gasteiger partial charge in [0.25, 0.3) is 10.0 Å². The lowest BCUT2D eigenvalue weighted by Gasteiger charge is -2.08. The van der Waals surface area contributed by atoms with Gasteiger partial charge < -0.3 is 0 Å². The van der Waals surface area contributed by atoms with Crippen molar-refractivity contribution in [3.63, 3.8) is 0 Å². The fourth-order valence-corrected chi connectivity index (χ4v) is 2.82. The molecule has 0 fully saturated rings. The highest BCUT2D eigenvalue weighted by Crippen LogP contribution is 2.18. The van der Waals surface area contributed by atoms with Crippen LogP contribution in [0.15, 0.2) is 52.0 Å². The summed E-state index contributed by atoms with van der Waals surface area (Å²) in [5.74, 6) is 0.191. The molecule has 1 aromatic heterocycles. The fourth-order valence-electron chi connectivity index (χ4n) is 1.42. The third-order valence-corrected chi connectivity index (χ3v) is 4.15. The van der Waals surface area contributed by atoms with Crippen LogP contribution in [0.25, 0.3) is 0 Å². The van der Waals surface area contributed by atoms with Gasteiger partial charge in [-0.05, 0) is 40.2 Å². The molecule has 5 nitrogen and oxygen atoms in total. The van der Waals surface area contributed by atoms with E-state index in [9.17, 15) is 8.42 Å². The van der Waals surface area contributed by atoms with E-state index in [1.54, 1.807) is 18.2 Å². The van der Waals surface area contributed by atoms with E-state index in [-0.39, 0.29) is 16.3 Å². The Labute approximate surface area is 119 Å². The molecule has 1 heterocycles. The predicted molar refractivity (Wildman–Crippen MR) is 73.9 cm³/mol. The minimum Gasteiger partial charge on any atom is -0.263 e. The summed E-state index contributed by atoms with van der Waals surface area (Å²) in [6.45, 7) is 0. The molecule has 0 amide bonds. The normalized spacial score (nSPS) is 10.7. The van der Waals surface area contributed by atoms with Gasteiger partial charge in [-0.1, -0.05) is 12.1 Å². The van der Waals surface area contributed by atoms with Crippen molar-refractivity contribution >= 4 is 31.8 Å². The molecule has 96 valence electrons. The molecule has 0 spiro atoms. The Kier molecular flexibility index (Phi) is 3.83. The van der Waals surface area contributed by atoms with Crippen molar-refractivity contribution in [2.45, 2.75) is 4.90 Å². The zero-order valence-electron chi connectivity index (χ0n) is 9.54. The lowest BCUT2D eigenvalue weighted by molar-refractivity contribution is 0.601. The molecule has 0 radical (unpaired) electrons. The first kappa shape index (κ1) is 13.5. The van der Waals surface area contributed by atoms with E-state index >= 15 is 0 Å². The van der Waals surface area contributed by atoms with Crippen LogP contribution in [0.3, 0.4) is 0 Å². The van der Waals surface area contributed by atoms with Gasteiger partial charge in [-0.2, -0.15) is 5.26 Å². The van der Waals surface area contributed by atoms with Crippen LogP contribution in [-0.2, 0) is 10.0 Å². The number of anilines is 1. The van der Waals surface area contributed by atoms with E-state index in [4.69, 9.17) is 5.26 Å². The Morgan fingerprint density at radius 2 is 1.95 bits per heavy atom. The quantitative estimate of drug-likeness (QED) is 0.932. The second-order valence-corrected chi connectivity index (χ2v) is 6.14. The lowest BCUT2D eigenvalue weighted by atomic mass is 10.2. The van der Waals surface area contributed by atoms with Crippen LogP contribution in [0.5, 0.6) is 0 Å². The van der Waals surface area contributed by atoms with E-state index in [0.717, 1.165) is 4.47 Å². The van der Waals surface area contributed by atoms with Crippen molar-refractivity contribution in [3.8, 4) is 6.07 Å². The number of hydrogen-bond acceptors (Lipinski definition) is 4. The number of hydrogen-bond donors (Lipinski definition) is 1. The van der Waals surface area contributed by atoms with Crippen LogP contribution in [-0.4, -0.2) is 13.4 Å². The molecule has 2 rings (SSSR count). The molecular weight excluding hydrogens is 330 g/mol. The molecule has 0 atom stereocenters. The van der Waals surface area contributed by atoms with Crippen LogP contribution >= 0.6 is 15.9 Å². The maximum atomic E-state index is 12.2. The molecule has 0 bridgehead atoms. The van der Waals surface area contributed by atoms with Gasteiger partial charge in [-0.3, -0.25) is 4.72 Å². The zero-order valence-corrected chi connectivity index (χ0v) is 11.9. The summed E-state index contributed by atoms with van der Waals surface area (Å²) in [4.78, 5) is 3.86. The van der Waals surface area contributed by atoms with Gasteiger partial charge in [0.15, 0.2) is 0 Å². The molecule has 1 aromatic carbocycles. The second-order valence-electron chi connectivity index (χ2n) is 3.58. The molecule has 0 aliphatic heterocycles. The number of benzene rings is 1. The fraction of sp³-hybridized carbons (Fsp3) is 0. The largest absolute Gasteiger partial charge is 0.264 e. The number of halogens is 1. The van der Waals surface area contributed by atoms with E-state index < -0.39 is 10.0 Å². The zero-order chi connectivity index (χ0) is 13.9. The monoisotopic (exact) mass is 337 g/mol. The first-order chi connectivity index (χ1) is 9.03. The summed E-state index contributed by atoms with van der Waals surface area (Å²) in [7, 11) is -3.82. The van der Waals surface area contributed by atoms with Crippen LogP contribution in [0, 0.1) is 11.3 Å². The summed E-state index contributed by atoms with van der Waals surface area (Å²) in [6, 6.07) is 11.0. The molecule has 0 saturated heterocycles. The van der Waals surface area contributed by atoms with E-state index in [1.807, 2.05) is 6.07 Å². The topological polar surface area (TPSA) is 82.8 Å². The van der Waals surface area contributed by atoms with Crippen molar-refractivity contribution in [2.24, 2.45) is 0 Å². The van der Waals surface area contributed by atoms with Gasteiger partial charge in [-0.15, -0.1) is 0 Å². The number of nitrogens with zero attached hydrogens (tertiary/aromatic N) is 2. The molecule has 0 aliphatic rings. The number of rotatable bonds is 3. The number of nitrogens with one attached hydrogen (secondary N) is 1. The van der Waals surface area contributed by atoms with E-state index in [0.29, 0.717) is 0 Å². The first-order valence-corrected chi connectivity index (χ1v) is 7.44. The van der Waals surface area contributed by atoms with Gasteiger partial charge >= 0.3 is 0 Å². The lowest BCUT2D eigenvalue weighted by Crippen LogP contribution is -2.15. The standard InChI is InChI=1S/C12H8BrN3O2S/c13-10-5-6-12(15-8-10)16-19(17,18)11-4-2-1-3-9(11)7-14/h1-6,8H,(H,15,16). The van der Waals surface area contributed by atoms with Gasteiger partial charge in [0.2, 0.25) is 0 Å². The first-order valence-electron chi connectivity index (χ1n) is 5.16. The molecule has 2 aromatic rings. The van der Waals surface area contributed by atoms with Crippen LogP contribution in [0.4, 0.5) is 5.82 Å². The maximum absolute atomic E-state index is 12.2. The minimum absolute atomic E-state index is 0.0674. The highest BCUT2D eigenvalue weighted by Gasteiger charge is 2.18. The third-order valence-electron chi connectivity index (χ3n) is 2.26. The Bertz CT molecular complexity index is 736. The summed E-state index contributed by atoms with van der Waals surface area (Å²) in [6.07, 6.45) is 1.48. The van der Waals surface area contributed by atoms with Gasteiger partial charge in [0.05, 0.1) is 5.56 Å². The minimum atomic E-state index is -3.82. The Balaban J connectivity index is 2.38.